The van der Waals surface area contributed by atoms with E-state index in [4.69, 9.17) is 4.52 Å². The molecule has 1 fully saturated rings. The molecule has 2 aromatic rings. The van der Waals surface area contributed by atoms with Gasteiger partial charge in [0.05, 0.1) is 17.6 Å². The Morgan fingerprint density at radius 3 is 2.70 bits per heavy atom. The second-order valence-corrected chi connectivity index (χ2v) is 5.80. The third-order valence-corrected chi connectivity index (χ3v) is 3.90. The number of aromatic nitrogens is 2. The predicted octanol–water partition coefficient (Wildman–Crippen LogP) is 1.79. The lowest BCUT2D eigenvalue weighted by atomic mass is 9.84. The molecule has 1 aromatic heterocycles. The molecule has 2 N–H and O–H groups in total. The van der Waals surface area contributed by atoms with Gasteiger partial charge in [-0.15, -0.1) is 0 Å². The minimum absolute atomic E-state index is 0.0437. The molecule has 5 heteroatoms. The zero-order valence-corrected chi connectivity index (χ0v) is 11.7. The first-order chi connectivity index (χ1) is 9.57. The quantitative estimate of drug-likeness (QED) is 0.892. The first-order valence-corrected chi connectivity index (χ1v) is 6.88. The number of hydrogen-bond acceptors (Lipinski definition) is 5. The number of rotatable bonds is 3. The Kier molecular flexibility index (Phi) is 3.31. The average Bonchev–Trinajstić information content (AvgIpc) is 3.08. The van der Waals surface area contributed by atoms with E-state index in [1.54, 1.807) is 0 Å². The minimum atomic E-state index is -0.336. The highest BCUT2D eigenvalue weighted by molar-refractivity contribution is 5.30. The number of nitrogens with zero attached hydrogens (tertiary/aromatic N) is 2. The SMILES string of the molecule is CC(C)(c1ccccc1)c1noc([C@@H]2C[C@H](O)CN2)n1. The molecule has 0 bridgehead atoms. The Bertz CT molecular complexity index is 580. The van der Waals surface area contributed by atoms with Gasteiger partial charge in [0.2, 0.25) is 5.89 Å². The molecule has 0 saturated carbocycles. The highest BCUT2D eigenvalue weighted by Crippen LogP contribution is 2.31. The molecule has 0 radical (unpaired) electrons. The van der Waals surface area contributed by atoms with Crippen LogP contribution in [0.5, 0.6) is 0 Å². The molecule has 0 aliphatic carbocycles. The molecule has 0 unspecified atom stereocenters. The highest BCUT2D eigenvalue weighted by Gasteiger charge is 2.32. The van der Waals surface area contributed by atoms with E-state index in [0.29, 0.717) is 24.7 Å². The Morgan fingerprint density at radius 2 is 2.05 bits per heavy atom. The molecule has 0 spiro atoms. The second-order valence-electron chi connectivity index (χ2n) is 5.80. The van der Waals surface area contributed by atoms with Crippen LogP contribution in [0.2, 0.25) is 0 Å². The van der Waals surface area contributed by atoms with Crippen LogP contribution in [0.15, 0.2) is 34.9 Å². The Morgan fingerprint density at radius 1 is 1.30 bits per heavy atom. The van der Waals surface area contributed by atoms with Gasteiger partial charge in [-0.2, -0.15) is 4.98 Å². The fourth-order valence-corrected chi connectivity index (χ4v) is 2.52. The minimum Gasteiger partial charge on any atom is -0.392 e. The maximum Gasteiger partial charge on any atom is 0.243 e. The van der Waals surface area contributed by atoms with Crippen LogP contribution < -0.4 is 5.32 Å². The van der Waals surface area contributed by atoms with E-state index in [1.807, 2.05) is 18.2 Å². The van der Waals surface area contributed by atoms with Gasteiger partial charge in [0.15, 0.2) is 5.82 Å². The van der Waals surface area contributed by atoms with Gasteiger partial charge in [0.1, 0.15) is 0 Å². The monoisotopic (exact) mass is 273 g/mol. The van der Waals surface area contributed by atoms with E-state index in [-0.39, 0.29) is 17.6 Å². The molecule has 1 aliphatic heterocycles. The fourth-order valence-electron chi connectivity index (χ4n) is 2.52. The van der Waals surface area contributed by atoms with Gasteiger partial charge >= 0.3 is 0 Å². The van der Waals surface area contributed by atoms with Crippen molar-refractivity contribution >= 4 is 0 Å². The molecule has 106 valence electrons. The van der Waals surface area contributed by atoms with Gasteiger partial charge < -0.3 is 14.9 Å². The van der Waals surface area contributed by atoms with Crippen molar-refractivity contribution in [3.63, 3.8) is 0 Å². The molecule has 5 nitrogen and oxygen atoms in total. The summed E-state index contributed by atoms with van der Waals surface area (Å²) in [6.07, 6.45) is 0.283. The number of aliphatic hydroxyl groups excluding tert-OH is 1. The van der Waals surface area contributed by atoms with Crippen LogP contribution >= 0.6 is 0 Å². The molecule has 20 heavy (non-hydrogen) atoms. The summed E-state index contributed by atoms with van der Waals surface area (Å²) >= 11 is 0. The highest BCUT2D eigenvalue weighted by atomic mass is 16.5. The van der Waals surface area contributed by atoms with Crippen LogP contribution in [-0.2, 0) is 5.41 Å². The van der Waals surface area contributed by atoms with Crippen molar-refractivity contribution in [1.29, 1.82) is 0 Å². The molecule has 2 atom stereocenters. The Balaban J connectivity index is 1.86. The van der Waals surface area contributed by atoms with E-state index >= 15 is 0 Å². The summed E-state index contributed by atoms with van der Waals surface area (Å²) in [4.78, 5) is 4.52. The summed E-state index contributed by atoms with van der Waals surface area (Å²) in [6, 6.07) is 10.1. The van der Waals surface area contributed by atoms with Crippen LogP contribution in [0, 0.1) is 0 Å². The molecule has 2 heterocycles. The number of β-amino-alcohol motifs (C(OH)–C–C–N with tert-alkyl or cyclic N) is 1. The van der Waals surface area contributed by atoms with E-state index in [0.717, 1.165) is 5.56 Å². The summed E-state index contributed by atoms with van der Waals surface area (Å²) in [5.74, 6) is 1.22. The van der Waals surface area contributed by atoms with Crippen molar-refractivity contribution in [2.45, 2.75) is 37.8 Å². The van der Waals surface area contributed by atoms with Crippen molar-refractivity contribution in [3.05, 3.63) is 47.6 Å². The number of nitrogens with one attached hydrogen (secondary N) is 1. The average molecular weight is 273 g/mol. The van der Waals surface area contributed by atoms with Crippen molar-refractivity contribution in [2.24, 2.45) is 0 Å². The zero-order chi connectivity index (χ0) is 14.2. The number of benzene rings is 1. The topological polar surface area (TPSA) is 71.2 Å². The summed E-state index contributed by atoms with van der Waals surface area (Å²) in [5, 5.41) is 16.9. The summed E-state index contributed by atoms with van der Waals surface area (Å²) in [7, 11) is 0. The van der Waals surface area contributed by atoms with E-state index < -0.39 is 0 Å². The normalized spacial score (nSPS) is 23.1. The van der Waals surface area contributed by atoms with Gasteiger partial charge in [-0.05, 0) is 25.8 Å². The lowest BCUT2D eigenvalue weighted by Crippen LogP contribution is -2.21. The van der Waals surface area contributed by atoms with Crippen molar-refractivity contribution in [1.82, 2.24) is 15.5 Å². The third-order valence-electron chi connectivity index (χ3n) is 3.90. The summed E-state index contributed by atoms with van der Waals surface area (Å²) in [5.41, 5.74) is 0.840. The molecule has 3 rings (SSSR count). The van der Waals surface area contributed by atoms with Crippen molar-refractivity contribution in [3.8, 4) is 0 Å². The van der Waals surface area contributed by atoms with Gasteiger partial charge in [-0.1, -0.05) is 35.5 Å². The first-order valence-electron chi connectivity index (χ1n) is 6.88. The second kappa shape index (κ2) is 5.00. The van der Waals surface area contributed by atoms with Crippen LogP contribution in [0.1, 0.15) is 43.6 Å². The Labute approximate surface area is 118 Å². The predicted molar refractivity (Wildman–Crippen MR) is 74.2 cm³/mol. The number of aliphatic hydroxyl groups is 1. The molecular formula is C15H19N3O2. The van der Waals surface area contributed by atoms with Crippen LogP contribution in [0.4, 0.5) is 0 Å². The lowest BCUT2D eigenvalue weighted by Gasteiger charge is -2.20. The summed E-state index contributed by atoms with van der Waals surface area (Å²) < 4.78 is 5.37. The van der Waals surface area contributed by atoms with Crippen molar-refractivity contribution < 1.29 is 9.63 Å². The molecule has 1 aromatic carbocycles. The van der Waals surface area contributed by atoms with Crippen LogP contribution in [-0.4, -0.2) is 27.9 Å². The van der Waals surface area contributed by atoms with E-state index in [1.165, 1.54) is 0 Å². The third kappa shape index (κ3) is 2.34. The summed E-state index contributed by atoms with van der Waals surface area (Å²) in [6.45, 7) is 4.73. The smallest absolute Gasteiger partial charge is 0.243 e. The maximum absolute atomic E-state index is 9.55. The molecule has 1 saturated heterocycles. The zero-order valence-electron chi connectivity index (χ0n) is 11.7. The fraction of sp³-hybridized carbons (Fsp3) is 0.467. The van der Waals surface area contributed by atoms with Crippen molar-refractivity contribution in [2.75, 3.05) is 6.54 Å². The molecule has 0 amide bonds. The standard InChI is InChI=1S/C15H19N3O2/c1-15(2,10-6-4-3-5-7-10)14-17-13(20-18-14)12-8-11(19)9-16-12/h3-7,11-12,16,19H,8-9H2,1-2H3/t11-,12-/m0/s1. The molecule has 1 aliphatic rings. The van der Waals surface area contributed by atoms with Crippen LogP contribution in [0.3, 0.4) is 0 Å². The van der Waals surface area contributed by atoms with Gasteiger partial charge in [-0.25, -0.2) is 0 Å². The van der Waals surface area contributed by atoms with Gasteiger partial charge in [-0.3, -0.25) is 0 Å². The maximum atomic E-state index is 9.55. The molecular weight excluding hydrogens is 254 g/mol. The first kappa shape index (κ1) is 13.3. The van der Waals surface area contributed by atoms with Crippen LogP contribution in [0.25, 0.3) is 0 Å². The number of hydrogen-bond donors (Lipinski definition) is 2. The van der Waals surface area contributed by atoms with E-state index in [2.05, 4.69) is 41.4 Å². The lowest BCUT2D eigenvalue weighted by molar-refractivity contribution is 0.191. The van der Waals surface area contributed by atoms with E-state index in [9.17, 15) is 5.11 Å². The largest absolute Gasteiger partial charge is 0.392 e. The Hall–Kier alpha value is -1.72. The van der Waals surface area contributed by atoms with Gasteiger partial charge in [0.25, 0.3) is 0 Å². The van der Waals surface area contributed by atoms with Gasteiger partial charge in [0, 0.05) is 6.54 Å².